The van der Waals surface area contributed by atoms with Crippen molar-refractivity contribution in [2.24, 2.45) is 0 Å². The molecule has 1 fully saturated rings. The zero-order valence-corrected chi connectivity index (χ0v) is 14.3. The van der Waals surface area contributed by atoms with Crippen LogP contribution < -0.4 is 0 Å². The van der Waals surface area contributed by atoms with Gasteiger partial charge in [-0.1, -0.05) is 0 Å². The number of aliphatic hydroxyl groups is 1. The molecule has 0 spiro atoms. The molecular weight excluding hydrogens is 311 g/mol. The van der Waals surface area contributed by atoms with Gasteiger partial charge in [0.1, 0.15) is 0 Å². The topological polar surface area (TPSA) is 55.8 Å². The summed E-state index contributed by atoms with van der Waals surface area (Å²) in [5.74, 6) is -0.316. The molecule has 0 radical (unpaired) electrons. The van der Waals surface area contributed by atoms with Crippen LogP contribution in [0.2, 0.25) is 10.1 Å². The van der Waals surface area contributed by atoms with Gasteiger partial charge in [0.25, 0.3) is 0 Å². The molecule has 1 rings (SSSR count). The Balaban J connectivity index is 2.75. The zero-order valence-electron chi connectivity index (χ0n) is 12.6. The van der Waals surface area contributed by atoms with Crippen LogP contribution in [0.5, 0.6) is 0 Å². The van der Waals surface area contributed by atoms with E-state index in [1.807, 2.05) is 6.92 Å². The maximum absolute atomic E-state index is 11.1. The van der Waals surface area contributed by atoms with Crippen molar-refractivity contribution in [1.29, 1.82) is 0 Å². The van der Waals surface area contributed by atoms with Gasteiger partial charge >= 0.3 is 122 Å². The van der Waals surface area contributed by atoms with E-state index in [4.69, 9.17) is 9.47 Å². The Morgan fingerprint density at radius 1 is 1.53 bits per heavy atom. The molecule has 0 bridgehead atoms. The number of hydrogen-bond donors (Lipinski definition) is 1. The summed E-state index contributed by atoms with van der Waals surface area (Å²) in [6, 6.07) is 0. The van der Waals surface area contributed by atoms with E-state index in [9.17, 15) is 9.90 Å². The summed E-state index contributed by atoms with van der Waals surface area (Å²) in [6.45, 7) is 10.1. The molecule has 4 nitrogen and oxygen atoms in total. The predicted octanol–water partition coefficient (Wildman–Crippen LogP) is 2.19. The molecule has 1 aliphatic rings. The van der Waals surface area contributed by atoms with Gasteiger partial charge in [-0.25, -0.2) is 0 Å². The molecule has 19 heavy (non-hydrogen) atoms. The second-order valence-electron chi connectivity index (χ2n) is 5.85. The average Bonchev–Trinajstić information content (AvgIpc) is 2.39. The molecule has 112 valence electrons. The standard InChI is InChI=1S/C14H26O4Se/c1-6-17-13(3,4)12-7-8-14(5,16)11(9-19-12)18-10(2)15/h11-12,16H,6-9H2,1-5H3/t11-,12+,14+/m0/s1. The summed E-state index contributed by atoms with van der Waals surface area (Å²) in [5, 5.41) is 11.2. The summed E-state index contributed by atoms with van der Waals surface area (Å²) in [5.41, 5.74) is -1.10. The monoisotopic (exact) mass is 338 g/mol. The van der Waals surface area contributed by atoms with Gasteiger partial charge in [-0.15, -0.1) is 0 Å². The van der Waals surface area contributed by atoms with E-state index in [1.54, 1.807) is 6.92 Å². The Labute approximate surface area is 122 Å². The molecule has 1 N–H and O–H groups in total. The Bertz CT molecular complexity index is 315. The predicted molar refractivity (Wildman–Crippen MR) is 75.4 cm³/mol. The van der Waals surface area contributed by atoms with Gasteiger partial charge in [0, 0.05) is 0 Å². The average molecular weight is 337 g/mol. The first-order chi connectivity index (χ1) is 8.69. The first-order valence-electron chi connectivity index (χ1n) is 6.84. The minimum atomic E-state index is -0.926. The van der Waals surface area contributed by atoms with E-state index in [-0.39, 0.29) is 17.7 Å². The quantitative estimate of drug-likeness (QED) is 0.631. The molecule has 0 aromatic heterocycles. The van der Waals surface area contributed by atoms with Crippen LogP contribution >= 0.6 is 0 Å². The molecule has 5 heteroatoms. The molecular formula is C14H26O4Se. The van der Waals surface area contributed by atoms with Crippen molar-refractivity contribution in [2.45, 2.75) is 74.9 Å². The molecule has 0 aromatic rings. The SMILES string of the molecule is CCOC(C)(C)[C@H]1CC[C@@](C)(O)[C@@H](OC(C)=O)C[Se]1. The van der Waals surface area contributed by atoms with Crippen molar-refractivity contribution >= 4 is 20.9 Å². The Morgan fingerprint density at radius 3 is 2.68 bits per heavy atom. The number of carbonyl (C=O) groups excluding carboxylic acids is 1. The van der Waals surface area contributed by atoms with E-state index in [0.717, 1.165) is 11.7 Å². The van der Waals surface area contributed by atoms with Crippen LogP contribution in [0.25, 0.3) is 0 Å². The number of hydrogen-bond acceptors (Lipinski definition) is 4. The molecule has 0 aromatic carbocycles. The van der Waals surface area contributed by atoms with E-state index < -0.39 is 5.60 Å². The third-order valence-electron chi connectivity index (χ3n) is 3.66. The Hall–Kier alpha value is -0.0905. The van der Waals surface area contributed by atoms with Crippen LogP contribution in [0, 0.1) is 0 Å². The van der Waals surface area contributed by atoms with Crippen molar-refractivity contribution in [3.8, 4) is 0 Å². The number of esters is 1. The summed E-state index contributed by atoms with van der Waals surface area (Å²) in [6.07, 6.45) is 1.18. The molecule has 0 aliphatic carbocycles. The fraction of sp³-hybridized carbons (Fsp3) is 0.929. The van der Waals surface area contributed by atoms with Crippen molar-refractivity contribution in [1.82, 2.24) is 0 Å². The molecule has 1 saturated heterocycles. The molecule has 1 heterocycles. The van der Waals surface area contributed by atoms with E-state index in [1.165, 1.54) is 6.92 Å². The maximum atomic E-state index is 11.1. The van der Waals surface area contributed by atoms with Gasteiger partial charge in [-0.2, -0.15) is 0 Å². The fourth-order valence-electron chi connectivity index (χ4n) is 2.43. The van der Waals surface area contributed by atoms with Crippen LogP contribution in [0.4, 0.5) is 0 Å². The van der Waals surface area contributed by atoms with E-state index >= 15 is 0 Å². The second-order valence-corrected chi connectivity index (χ2v) is 8.44. The molecule has 3 atom stereocenters. The number of rotatable bonds is 4. The normalized spacial score (nSPS) is 32.7. The van der Waals surface area contributed by atoms with Crippen LogP contribution in [0.15, 0.2) is 0 Å². The zero-order chi connectivity index (χ0) is 14.7. The molecule has 1 aliphatic heterocycles. The summed E-state index contributed by atoms with van der Waals surface area (Å²) < 4.78 is 11.1. The summed E-state index contributed by atoms with van der Waals surface area (Å²) in [4.78, 5) is 11.6. The summed E-state index contributed by atoms with van der Waals surface area (Å²) in [7, 11) is 0. The molecule has 0 unspecified atom stereocenters. The van der Waals surface area contributed by atoms with E-state index in [0.29, 0.717) is 32.8 Å². The summed E-state index contributed by atoms with van der Waals surface area (Å²) >= 11 is 0.291. The molecule has 0 amide bonds. The van der Waals surface area contributed by atoms with E-state index in [2.05, 4.69) is 13.8 Å². The van der Waals surface area contributed by atoms with Gasteiger partial charge in [-0.3, -0.25) is 0 Å². The first-order valence-corrected chi connectivity index (χ1v) is 9.04. The minimum absolute atomic E-state index is 0.171. The second kappa shape index (κ2) is 6.57. The van der Waals surface area contributed by atoms with Gasteiger partial charge in [0.15, 0.2) is 0 Å². The van der Waals surface area contributed by atoms with Crippen molar-refractivity contribution in [3.05, 3.63) is 0 Å². The van der Waals surface area contributed by atoms with Crippen molar-refractivity contribution in [2.75, 3.05) is 6.61 Å². The number of ether oxygens (including phenoxy) is 2. The van der Waals surface area contributed by atoms with Crippen LogP contribution in [-0.4, -0.2) is 49.9 Å². The molecule has 0 saturated carbocycles. The third-order valence-corrected chi connectivity index (χ3v) is 7.22. The number of carbonyl (C=O) groups is 1. The van der Waals surface area contributed by atoms with Gasteiger partial charge in [0.05, 0.1) is 0 Å². The Kier molecular flexibility index (Phi) is 5.87. The van der Waals surface area contributed by atoms with Gasteiger partial charge in [0.2, 0.25) is 0 Å². The van der Waals surface area contributed by atoms with Crippen molar-refractivity contribution < 1.29 is 19.4 Å². The van der Waals surface area contributed by atoms with Crippen LogP contribution in [-0.2, 0) is 14.3 Å². The van der Waals surface area contributed by atoms with Crippen LogP contribution in [0.3, 0.4) is 0 Å². The fourth-order valence-corrected chi connectivity index (χ4v) is 5.76. The Morgan fingerprint density at radius 2 is 2.16 bits per heavy atom. The first kappa shape index (κ1) is 17.0. The third kappa shape index (κ3) is 4.74. The van der Waals surface area contributed by atoms with Gasteiger partial charge < -0.3 is 0 Å². The van der Waals surface area contributed by atoms with Crippen molar-refractivity contribution in [3.63, 3.8) is 0 Å². The van der Waals surface area contributed by atoms with Crippen LogP contribution in [0.1, 0.15) is 47.5 Å². The van der Waals surface area contributed by atoms with Gasteiger partial charge in [-0.05, 0) is 0 Å².